The number of rotatable bonds is 3. The molecule has 0 spiro atoms. The van der Waals surface area contributed by atoms with Gasteiger partial charge in [0.05, 0.1) is 13.1 Å². The third kappa shape index (κ3) is 9.65. The van der Waals surface area contributed by atoms with Gasteiger partial charge in [0.15, 0.2) is 0 Å². The number of hydrogen-bond acceptors (Lipinski definition) is 12. The number of nitrogens with zero attached hydrogens (tertiary/aromatic N) is 5. The summed E-state index contributed by atoms with van der Waals surface area (Å²) in [4.78, 5) is 38.2. The molecule has 0 saturated carbocycles. The Hall–Kier alpha value is -2.88. The van der Waals surface area contributed by atoms with Crippen molar-refractivity contribution in [1.29, 1.82) is 0 Å². The van der Waals surface area contributed by atoms with Crippen molar-refractivity contribution in [3.05, 3.63) is 30.1 Å². The van der Waals surface area contributed by atoms with Crippen LogP contribution in [-0.2, 0) is 9.59 Å². The second-order valence-electron chi connectivity index (χ2n) is 6.65. The number of hydrogen-bond donors (Lipinski definition) is 7. The molecular weight excluding hydrogens is 457 g/mol. The topological polar surface area (TPSA) is 206 Å². The highest BCUT2D eigenvalue weighted by atomic mass is 35.5. The quantitative estimate of drug-likeness (QED) is 0.162. The highest BCUT2D eigenvalue weighted by Crippen LogP contribution is 2.05. The Balaban J connectivity index is 0.000000193. The Morgan fingerprint density at radius 2 is 1.36 bits per heavy atom. The van der Waals surface area contributed by atoms with Crippen molar-refractivity contribution < 1.29 is 29.7 Å². The van der Waals surface area contributed by atoms with Crippen LogP contribution in [0.3, 0.4) is 0 Å². The van der Waals surface area contributed by atoms with E-state index in [0.717, 1.165) is 13.1 Å². The molecule has 0 atom stereocenters. The van der Waals surface area contributed by atoms with Gasteiger partial charge in [0.2, 0.25) is 23.0 Å². The Kier molecular flexibility index (Phi) is 10.9. The molecule has 2 saturated heterocycles. The molecule has 17 heteroatoms. The second-order valence-corrected chi connectivity index (χ2v) is 6.99. The average Bonchev–Trinajstić information content (AvgIpc) is 2.81. The molecule has 2 fully saturated rings. The summed E-state index contributed by atoms with van der Waals surface area (Å²) in [5, 5.41) is 43.2. The molecule has 4 rings (SSSR count). The fourth-order valence-corrected chi connectivity index (χ4v) is 2.55. The molecular formula is C16H23B2ClN8O6. The van der Waals surface area contributed by atoms with Crippen molar-refractivity contribution in [3.8, 4) is 0 Å². The van der Waals surface area contributed by atoms with Gasteiger partial charge in [0.25, 0.3) is 0 Å². The highest BCUT2D eigenvalue weighted by molar-refractivity contribution is 6.58. The smallest absolute Gasteiger partial charge is 0.423 e. The molecule has 0 radical (unpaired) electrons. The Morgan fingerprint density at radius 1 is 0.818 bits per heavy atom. The van der Waals surface area contributed by atoms with Gasteiger partial charge in [-0.15, -0.1) is 0 Å². The molecule has 2 aliphatic heterocycles. The van der Waals surface area contributed by atoms with Crippen molar-refractivity contribution in [3.63, 3.8) is 0 Å². The second kappa shape index (κ2) is 13.6. The molecule has 2 amide bonds. The van der Waals surface area contributed by atoms with E-state index in [9.17, 15) is 9.59 Å². The van der Waals surface area contributed by atoms with Crippen LogP contribution in [0.4, 0.5) is 5.95 Å². The highest BCUT2D eigenvalue weighted by Gasteiger charge is 2.19. The summed E-state index contributed by atoms with van der Waals surface area (Å²) in [6.45, 7) is 3.60. The van der Waals surface area contributed by atoms with Gasteiger partial charge in [-0.2, -0.15) is 0 Å². The first-order valence-electron chi connectivity index (χ1n) is 9.77. The maximum absolute atomic E-state index is 11.1. The van der Waals surface area contributed by atoms with E-state index in [1.165, 1.54) is 24.8 Å². The monoisotopic (exact) mass is 480 g/mol. The molecule has 2 aromatic rings. The summed E-state index contributed by atoms with van der Waals surface area (Å²) in [6, 6.07) is 0. The minimum absolute atomic E-state index is 0.0684. The van der Waals surface area contributed by atoms with Crippen LogP contribution in [0.2, 0.25) is 5.28 Å². The Bertz CT molecular complexity index is 886. The standard InChI is InChI=1S/C8H11BN4O3.C4H4BClN2O2.C4H8N2O/c14-7-5-13(2-1-10-7)8-11-3-6(4-12-8)9(15)16;6-4-7-1-3(2-8-4)5(9)10;7-4-3-5-1-2-6-4/h3-4,15-16H,1-2,5H2,(H,10,14);1-2,9-10H;5H,1-3H2,(H,6,7). The molecule has 33 heavy (non-hydrogen) atoms. The van der Waals surface area contributed by atoms with E-state index in [-0.39, 0.29) is 34.6 Å². The lowest BCUT2D eigenvalue weighted by Gasteiger charge is -2.26. The van der Waals surface area contributed by atoms with Gasteiger partial charge in [-0.05, 0) is 11.6 Å². The van der Waals surface area contributed by atoms with Gasteiger partial charge in [0.1, 0.15) is 0 Å². The zero-order valence-corrected chi connectivity index (χ0v) is 18.2. The number of amides is 2. The fourth-order valence-electron chi connectivity index (χ4n) is 2.45. The third-order valence-electron chi connectivity index (χ3n) is 4.13. The molecule has 7 N–H and O–H groups in total. The molecule has 4 heterocycles. The SMILES string of the molecule is O=C1CN(c2ncc(B(O)O)cn2)CCN1.O=C1CNCCN1.OB(O)c1cnc(Cl)nc1. The van der Waals surface area contributed by atoms with Crippen molar-refractivity contribution in [2.45, 2.75) is 0 Å². The number of aromatic nitrogens is 4. The van der Waals surface area contributed by atoms with Gasteiger partial charge < -0.3 is 40.9 Å². The summed E-state index contributed by atoms with van der Waals surface area (Å²) in [5.74, 6) is 0.451. The molecule has 2 aromatic heterocycles. The van der Waals surface area contributed by atoms with Crippen LogP contribution >= 0.6 is 11.6 Å². The average molecular weight is 480 g/mol. The molecule has 2 aliphatic rings. The number of anilines is 1. The van der Waals surface area contributed by atoms with Gasteiger partial charge in [-0.25, -0.2) is 19.9 Å². The number of halogens is 1. The van der Waals surface area contributed by atoms with E-state index in [1.54, 1.807) is 4.90 Å². The Morgan fingerprint density at radius 3 is 1.79 bits per heavy atom. The van der Waals surface area contributed by atoms with Crippen LogP contribution < -0.4 is 31.8 Å². The lowest BCUT2D eigenvalue weighted by atomic mass is 9.83. The Labute approximate surface area is 194 Å². The summed E-state index contributed by atoms with van der Waals surface area (Å²) in [6.07, 6.45) is 5.17. The predicted molar refractivity (Wildman–Crippen MR) is 120 cm³/mol. The summed E-state index contributed by atoms with van der Waals surface area (Å²) in [5.41, 5.74) is 0.453. The van der Waals surface area contributed by atoms with Crippen LogP contribution in [0.15, 0.2) is 24.8 Å². The van der Waals surface area contributed by atoms with Crippen LogP contribution in [0.5, 0.6) is 0 Å². The molecule has 0 unspecified atom stereocenters. The van der Waals surface area contributed by atoms with Crippen LogP contribution in [0.1, 0.15) is 0 Å². The number of nitrogens with one attached hydrogen (secondary N) is 3. The number of carbonyl (C=O) groups excluding carboxylic acids is 2. The van der Waals surface area contributed by atoms with Crippen molar-refractivity contribution >= 4 is 54.5 Å². The van der Waals surface area contributed by atoms with E-state index in [4.69, 9.17) is 31.7 Å². The predicted octanol–water partition coefficient (Wildman–Crippen LogP) is -5.39. The van der Waals surface area contributed by atoms with E-state index in [1.807, 2.05) is 0 Å². The molecule has 0 aromatic carbocycles. The number of carbonyl (C=O) groups is 2. The van der Waals surface area contributed by atoms with Crippen molar-refractivity contribution in [1.82, 2.24) is 35.9 Å². The van der Waals surface area contributed by atoms with Crippen molar-refractivity contribution in [2.24, 2.45) is 0 Å². The van der Waals surface area contributed by atoms with Crippen LogP contribution in [0, 0.1) is 0 Å². The minimum atomic E-state index is -1.57. The van der Waals surface area contributed by atoms with E-state index in [2.05, 4.69) is 35.9 Å². The largest absolute Gasteiger partial charge is 0.491 e. The van der Waals surface area contributed by atoms with Crippen LogP contribution in [0.25, 0.3) is 0 Å². The first-order chi connectivity index (χ1) is 15.8. The number of piperazine rings is 2. The van der Waals surface area contributed by atoms with Gasteiger partial charge in [-0.1, -0.05) is 0 Å². The maximum Gasteiger partial charge on any atom is 0.491 e. The fraction of sp³-hybridized carbons (Fsp3) is 0.375. The summed E-state index contributed by atoms with van der Waals surface area (Å²) >= 11 is 5.33. The maximum atomic E-state index is 11.1. The minimum Gasteiger partial charge on any atom is -0.423 e. The zero-order valence-electron chi connectivity index (χ0n) is 17.4. The van der Waals surface area contributed by atoms with Crippen LogP contribution in [-0.4, -0.2) is 105 Å². The first-order valence-corrected chi connectivity index (χ1v) is 10.1. The van der Waals surface area contributed by atoms with E-state index in [0.29, 0.717) is 25.6 Å². The normalized spacial score (nSPS) is 15.1. The van der Waals surface area contributed by atoms with Crippen molar-refractivity contribution in [2.75, 3.05) is 44.2 Å². The summed E-state index contributed by atoms with van der Waals surface area (Å²) in [7, 11) is -3.10. The van der Waals surface area contributed by atoms with Gasteiger partial charge in [-0.3, -0.25) is 9.59 Å². The molecule has 176 valence electrons. The zero-order chi connectivity index (χ0) is 24.2. The van der Waals surface area contributed by atoms with E-state index < -0.39 is 14.2 Å². The van der Waals surface area contributed by atoms with E-state index >= 15 is 0 Å². The lowest BCUT2D eigenvalue weighted by Crippen LogP contribution is -2.48. The lowest BCUT2D eigenvalue weighted by molar-refractivity contribution is -0.121. The molecule has 14 nitrogen and oxygen atoms in total. The summed E-state index contributed by atoms with van der Waals surface area (Å²) < 4.78 is 0. The third-order valence-corrected chi connectivity index (χ3v) is 4.32. The van der Waals surface area contributed by atoms with Gasteiger partial charge >= 0.3 is 14.2 Å². The molecule has 0 bridgehead atoms. The molecule has 0 aliphatic carbocycles. The van der Waals surface area contributed by atoms with Gasteiger partial charge in [0, 0.05) is 61.9 Å². The first kappa shape index (κ1) is 26.4.